The van der Waals surface area contributed by atoms with Crippen LogP contribution in [0.15, 0.2) is 82.5 Å². The molecular formula is C32H31ClN2O4. The molecule has 39 heavy (non-hydrogen) atoms. The number of fused-ring (bicyclic) bond motifs is 1. The van der Waals surface area contributed by atoms with Gasteiger partial charge in [-0.05, 0) is 76.2 Å². The first kappa shape index (κ1) is 27.7. The van der Waals surface area contributed by atoms with Gasteiger partial charge in [-0.25, -0.2) is 0 Å². The molecule has 6 nitrogen and oxygen atoms in total. The minimum atomic E-state index is 0.402. The molecule has 0 saturated carbocycles. The monoisotopic (exact) mass is 542 g/mol. The number of aromatic nitrogens is 1. The van der Waals surface area contributed by atoms with E-state index in [0.717, 1.165) is 39.1 Å². The average molecular weight is 543 g/mol. The fourth-order valence-electron chi connectivity index (χ4n) is 4.33. The number of oxime groups is 1. The molecule has 0 aliphatic rings. The first-order chi connectivity index (χ1) is 18.7. The van der Waals surface area contributed by atoms with Gasteiger partial charge in [0.05, 0.1) is 24.6 Å². The van der Waals surface area contributed by atoms with Gasteiger partial charge in [0.25, 0.3) is 0 Å². The predicted octanol–water partition coefficient (Wildman–Crippen LogP) is 8.31. The number of hydrogen-bond acceptors (Lipinski definition) is 6. The minimum Gasteiger partial charge on any atom is -0.496 e. The van der Waals surface area contributed by atoms with E-state index >= 15 is 0 Å². The molecule has 0 fully saturated rings. The van der Waals surface area contributed by atoms with Gasteiger partial charge < -0.3 is 19.2 Å². The number of hydrogen-bond donors (Lipinski definition) is 1. The second kappa shape index (κ2) is 12.0. The zero-order valence-corrected chi connectivity index (χ0v) is 23.6. The summed E-state index contributed by atoms with van der Waals surface area (Å²) < 4.78 is 16.2. The van der Waals surface area contributed by atoms with E-state index in [1.807, 2.05) is 68.4 Å². The molecule has 1 N–H and O–H groups in total. The number of halogens is 1. The lowest BCUT2D eigenvalue weighted by atomic mass is 9.98. The van der Waals surface area contributed by atoms with Crippen LogP contribution in [0.25, 0.3) is 22.2 Å². The highest BCUT2D eigenvalue weighted by molar-refractivity contribution is 6.35. The Balaban J connectivity index is 0.000000181. The first-order valence-corrected chi connectivity index (χ1v) is 12.8. The zero-order valence-electron chi connectivity index (χ0n) is 22.9. The Kier molecular flexibility index (Phi) is 8.57. The lowest BCUT2D eigenvalue weighted by molar-refractivity contribution is 0.319. The third-order valence-corrected chi connectivity index (χ3v) is 6.65. The topological polar surface area (TPSA) is 77.1 Å². The van der Waals surface area contributed by atoms with Crippen molar-refractivity contribution in [3.05, 3.63) is 111 Å². The summed E-state index contributed by atoms with van der Waals surface area (Å²) in [4.78, 5) is 0. The maximum absolute atomic E-state index is 9.43. The van der Waals surface area contributed by atoms with Crippen LogP contribution in [0.3, 0.4) is 0 Å². The number of benzene rings is 4. The summed E-state index contributed by atoms with van der Waals surface area (Å²) in [6.07, 6.45) is 0. The minimum absolute atomic E-state index is 0.402. The van der Waals surface area contributed by atoms with Crippen molar-refractivity contribution >= 4 is 28.3 Å². The van der Waals surface area contributed by atoms with Gasteiger partial charge in [0.15, 0.2) is 5.58 Å². The number of aryl methyl sites for hydroxylation is 4. The molecule has 0 aliphatic heterocycles. The van der Waals surface area contributed by atoms with Gasteiger partial charge in [0, 0.05) is 16.7 Å². The van der Waals surface area contributed by atoms with Crippen LogP contribution >= 0.6 is 11.6 Å². The van der Waals surface area contributed by atoms with Gasteiger partial charge in [-0.1, -0.05) is 68.4 Å². The summed E-state index contributed by atoms with van der Waals surface area (Å²) in [7, 11) is 3.25. The van der Waals surface area contributed by atoms with E-state index < -0.39 is 0 Å². The van der Waals surface area contributed by atoms with E-state index in [1.165, 1.54) is 11.1 Å². The zero-order chi connectivity index (χ0) is 28.1. The van der Waals surface area contributed by atoms with Gasteiger partial charge >= 0.3 is 0 Å². The Morgan fingerprint density at radius 2 is 1.31 bits per heavy atom. The van der Waals surface area contributed by atoms with Crippen molar-refractivity contribution in [1.29, 1.82) is 0 Å². The highest BCUT2D eigenvalue weighted by atomic mass is 35.5. The normalized spacial score (nSPS) is 11.2. The van der Waals surface area contributed by atoms with Crippen molar-refractivity contribution < 1.29 is 19.2 Å². The van der Waals surface area contributed by atoms with E-state index in [1.54, 1.807) is 20.3 Å². The van der Waals surface area contributed by atoms with Crippen molar-refractivity contribution in [2.24, 2.45) is 5.16 Å². The third-order valence-electron chi connectivity index (χ3n) is 6.32. The standard InChI is InChI=1S/C16H16ClNO2.C16H15NO2/c1-10-4-6-14(17)12(8-10)16(18-19)13-9-11(2)5-7-15(13)20-3;1-10-4-6-14(18-3)12(8-10)16-13-9-11(2)5-7-15(13)19-17-16/h4-9,19H,1-3H3;4-9H,1-3H3/b18-16+;. The molecule has 0 spiro atoms. The van der Waals surface area contributed by atoms with Crippen molar-refractivity contribution in [1.82, 2.24) is 5.16 Å². The lowest BCUT2D eigenvalue weighted by Gasteiger charge is -2.12. The van der Waals surface area contributed by atoms with Gasteiger partial charge in [-0.15, -0.1) is 0 Å². The van der Waals surface area contributed by atoms with Crippen LogP contribution in [-0.4, -0.2) is 30.3 Å². The van der Waals surface area contributed by atoms with Crippen molar-refractivity contribution in [2.75, 3.05) is 14.2 Å². The number of rotatable bonds is 5. The Labute approximate surface area is 233 Å². The maximum atomic E-state index is 9.43. The van der Waals surface area contributed by atoms with Crippen molar-refractivity contribution in [2.45, 2.75) is 27.7 Å². The number of nitrogens with zero attached hydrogens (tertiary/aromatic N) is 2. The van der Waals surface area contributed by atoms with Gasteiger partial charge in [-0.2, -0.15) is 0 Å². The van der Waals surface area contributed by atoms with E-state index in [4.69, 9.17) is 25.6 Å². The predicted molar refractivity (Wildman–Crippen MR) is 157 cm³/mol. The molecule has 0 atom stereocenters. The molecule has 5 aromatic rings. The molecule has 1 aromatic heterocycles. The molecule has 7 heteroatoms. The SMILES string of the molecule is COc1ccc(C)cc1-c1noc2ccc(C)cc12.COc1ccc(C)cc1/C(=N/O)c1cc(C)ccc1Cl. The average Bonchev–Trinajstić information content (AvgIpc) is 3.34. The van der Waals surface area contributed by atoms with Crippen LogP contribution in [0.4, 0.5) is 0 Å². The van der Waals surface area contributed by atoms with Crippen LogP contribution in [0, 0.1) is 27.7 Å². The number of ether oxygens (including phenoxy) is 2. The Hall–Kier alpha value is -4.29. The maximum Gasteiger partial charge on any atom is 0.167 e. The fourth-order valence-corrected chi connectivity index (χ4v) is 4.54. The molecule has 200 valence electrons. The van der Waals surface area contributed by atoms with Crippen molar-refractivity contribution in [3.8, 4) is 22.8 Å². The summed E-state index contributed by atoms with van der Waals surface area (Å²) in [5.41, 5.74) is 8.82. The summed E-state index contributed by atoms with van der Waals surface area (Å²) in [5, 5.41) is 18.6. The third kappa shape index (κ3) is 6.07. The molecule has 5 rings (SSSR count). The Morgan fingerprint density at radius 3 is 1.97 bits per heavy atom. The second-order valence-corrected chi connectivity index (χ2v) is 9.78. The first-order valence-electron chi connectivity index (χ1n) is 12.4. The fraction of sp³-hybridized carbons (Fsp3) is 0.188. The van der Waals surface area contributed by atoms with Crippen LogP contribution in [0.5, 0.6) is 11.5 Å². The van der Waals surface area contributed by atoms with E-state index in [0.29, 0.717) is 27.6 Å². The summed E-state index contributed by atoms with van der Waals surface area (Å²) >= 11 is 6.22. The van der Waals surface area contributed by atoms with E-state index in [-0.39, 0.29) is 0 Å². The highest BCUT2D eigenvalue weighted by Crippen LogP contribution is 2.35. The van der Waals surface area contributed by atoms with Crippen LogP contribution in [0.1, 0.15) is 33.4 Å². The summed E-state index contributed by atoms with van der Waals surface area (Å²) in [6.45, 7) is 8.04. The largest absolute Gasteiger partial charge is 0.496 e. The molecule has 0 radical (unpaired) electrons. The van der Waals surface area contributed by atoms with Crippen LogP contribution < -0.4 is 9.47 Å². The molecule has 1 heterocycles. The number of methoxy groups -OCH3 is 2. The molecule has 0 unspecified atom stereocenters. The van der Waals surface area contributed by atoms with Gasteiger partial charge in [-0.3, -0.25) is 0 Å². The summed E-state index contributed by atoms with van der Waals surface area (Å²) in [5.74, 6) is 1.45. The quantitative estimate of drug-likeness (QED) is 0.137. The van der Waals surface area contributed by atoms with Crippen LogP contribution in [0.2, 0.25) is 5.02 Å². The van der Waals surface area contributed by atoms with Gasteiger partial charge in [0.1, 0.15) is 22.9 Å². The lowest BCUT2D eigenvalue weighted by Crippen LogP contribution is -2.07. The Bertz CT molecular complexity index is 1660. The molecule has 0 bridgehead atoms. The molecule has 4 aromatic carbocycles. The molecular weight excluding hydrogens is 512 g/mol. The highest BCUT2D eigenvalue weighted by Gasteiger charge is 2.17. The summed E-state index contributed by atoms with van der Waals surface area (Å²) in [6, 6.07) is 23.4. The molecule has 0 saturated heterocycles. The van der Waals surface area contributed by atoms with E-state index in [9.17, 15) is 5.21 Å². The van der Waals surface area contributed by atoms with Gasteiger partial charge in [0.2, 0.25) is 0 Å². The molecule has 0 aliphatic carbocycles. The molecule has 0 amide bonds. The smallest absolute Gasteiger partial charge is 0.167 e. The Morgan fingerprint density at radius 1 is 0.744 bits per heavy atom. The van der Waals surface area contributed by atoms with E-state index in [2.05, 4.69) is 36.3 Å². The van der Waals surface area contributed by atoms with Crippen LogP contribution in [-0.2, 0) is 0 Å². The second-order valence-electron chi connectivity index (χ2n) is 9.37. The van der Waals surface area contributed by atoms with Crippen molar-refractivity contribution in [3.63, 3.8) is 0 Å².